The average molecular weight is 407 g/mol. The minimum atomic E-state index is -0.412. The van der Waals surface area contributed by atoms with Crippen LogP contribution in [0.5, 0.6) is 5.75 Å². The fourth-order valence-electron chi connectivity index (χ4n) is 4.24. The molecule has 5 heteroatoms. The number of para-hydroxylation sites is 1. The SMILES string of the molecule is CNCCN(C)CCCOc1ccc2c(c1)C(C)(C)c1oc3ccccc3c1C2=O. The molecule has 0 saturated heterocycles. The maximum atomic E-state index is 13.3. The van der Waals surface area contributed by atoms with Crippen LogP contribution in [0.2, 0.25) is 0 Å². The second kappa shape index (κ2) is 8.25. The van der Waals surface area contributed by atoms with Crippen molar-refractivity contribution in [2.75, 3.05) is 40.3 Å². The van der Waals surface area contributed by atoms with Gasteiger partial charge < -0.3 is 19.4 Å². The molecule has 3 aromatic rings. The standard InChI is InChI=1S/C25H30N2O3/c1-25(2)20-16-17(29-15-7-13-27(4)14-12-26-3)10-11-18(20)23(28)22-19-8-5-6-9-21(19)30-24(22)25/h5-6,8-11,16,26H,7,12-15H2,1-4H3. The zero-order valence-electron chi connectivity index (χ0n) is 18.2. The molecule has 1 aliphatic rings. The number of benzene rings is 2. The quantitative estimate of drug-likeness (QED) is 0.568. The average Bonchev–Trinajstić information content (AvgIpc) is 3.15. The highest BCUT2D eigenvalue weighted by Gasteiger charge is 2.41. The molecule has 1 aromatic heterocycles. The lowest BCUT2D eigenvalue weighted by Crippen LogP contribution is -2.29. The number of nitrogens with zero attached hydrogens (tertiary/aromatic N) is 1. The van der Waals surface area contributed by atoms with Crippen LogP contribution in [0.15, 0.2) is 46.9 Å². The van der Waals surface area contributed by atoms with Crippen molar-refractivity contribution in [1.29, 1.82) is 0 Å². The van der Waals surface area contributed by atoms with Gasteiger partial charge in [0.05, 0.1) is 12.2 Å². The molecule has 0 bridgehead atoms. The topological polar surface area (TPSA) is 54.7 Å². The molecule has 1 N–H and O–H groups in total. The van der Waals surface area contributed by atoms with Crippen molar-refractivity contribution < 1.29 is 13.9 Å². The molecule has 1 aliphatic carbocycles. The van der Waals surface area contributed by atoms with Gasteiger partial charge in [-0.1, -0.05) is 18.2 Å². The molecule has 5 nitrogen and oxygen atoms in total. The van der Waals surface area contributed by atoms with E-state index in [9.17, 15) is 4.79 Å². The Morgan fingerprint density at radius 2 is 1.93 bits per heavy atom. The van der Waals surface area contributed by atoms with Crippen LogP contribution < -0.4 is 10.1 Å². The molecular formula is C25H30N2O3. The molecule has 0 unspecified atom stereocenters. The summed E-state index contributed by atoms with van der Waals surface area (Å²) in [6, 6.07) is 13.6. The number of hydrogen-bond donors (Lipinski definition) is 1. The molecule has 0 spiro atoms. The van der Waals surface area contributed by atoms with E-state index in [1.54, 1.807) is 0 Å². The van der Waals surface area contributed by atoms with Crippen molar-refractivity contribution in [3.63, 3.8) is 0 Å². The Bertz CT molecular complexity index is 1070. The maximum absolute atomic E-state index is 13.3. The molecule has 0 fully saturated rings. The summed E-state index contributed by atoms with van der Waals surface area (Å²) in [5, 5.41) is 4.05. The molecule has 2 aromatic carbocycles. The van der Waals surface area contributed by atoms with Gasteiger partial charge in [-0.2, -0.15) is 0 Å². The zero-order chi connectivity index (χ0) is 21.3. The van der Waals surface area contributed by atoms with Gasteiger partial charge in [-0.15, -0.1) is 0 Å². The summed E-state index contributed by atoms with van der Waals surface area (Å²) in [7, 11) is 4.09. The summed E-state index contributed by atoms with van der Waals surface area (Å²) in [6.45, 7) is 7.85. The number of fused-ring (bicyclic) bond motifs is 4. The van der Waals surface area contributed by atoms with Crippen molar-refractivity contribution in [2.24, 2.45) is 0 Å². The fourth-order valence-corrected chi connectivity index (χ4v) is 4.24. The van der Waals surface area contributed by atoms with Crippen LogP contribution in [0.25, 0.3) is 11.0 Å². The van der Waals surface area contributed by atoms with Gasteiger partial charge >= 0.3 is 0 Å². The summed E-state index contributed by atoms with van der Waals surface area (Å²) in [6.07, 6.45) is 0.952. The van der Waals surface area contributed by atoms with Crippen molar-refractivity contribution in [1.82, 2.24) is 10.2 Å². The summed E-state index contributed by atoms with van der Waals surface area (Å²) >= 11 is 0. The first-order valence-corrected chi connectivity index (χ1v) is 10.6. The molecule has 0 amide bonds. The van der Waals surface area contributed by atoms with E-state index in [0.717, 1.165) is 59.7 Å². The first kappa shape index (κ1) is 20.6. The second-order valence-electron chi connectivity index (χ2n) is 8.57. The predicted molar refractivity (Wildman–Crippen MR) is 120 cm³/mol. The number of ether oxygens (including phenoxy) is 1. The minimum Gasteiger partial charge on any atom is -0.494 e. The van der Waals surface area contributed by atoms with Gasteiger partial charge in [-0.25, -0.2) is 0 Å². The van der Waals surface area contributed by atoms with Gasteiger partial charge in [-0.05, 0) is 64.2 Å². The highest BCUT2D eigenvalue weighted by molar-refractivity contribution is 6.19. The van der Waals surface area contributed by atoms with E-state index in [1.807, 2.05) is 49.5 Å². The van der Waals surface area contributed by atoms with Crippen LogP contribution in [0.4, 0.5) is 0 Å². The van der Waals surface area contributed by atoms with E-state index in [-0.39, 0.29) is 5.78 Å². The van der Waals surface area contributed by atoms with E-state index in [0.29, 0.717) is 12.2 Å². The second-order valence-corrected chi connectivity index (χ2v) is 8.57. The van der Waals surface area contributed by atoms with Crippen LogP contribution in [0.3, 0.4) is 0 Å². The van der Waals surface area contributed by atoms with Crippen LogP contribution in [-0.4, -0.2) is 51.0 Å². The van der Waals surface area contributed by atoms with Gasteiger partial charge in [0.2, 0.25) is 0 Å². The van der Waals surface area contributed by atoms with Gasteiger partial charge in [0.15, 0.2) is 5.78 Å². The Morgan fingerprint density at radius 1 is 1.13 bits per heavy atom. The van der Waals surface area contributed by atoms with Gasteiger partial charge in [0.25, 0.3) is 0 Å². The van der Waals surface area contributed by atoms with Crippen molar-refractivity contribution in [3.05, 3.63) is 64.9 Å². The van der Waals surface area contributed by atoms with Gasteiger partial charge in [-0.3, -0.25) is 4.79 Å². The number of likely N-dealkylation sites (N-methyl/N-ethyl adjacent to an activating group) is 2. The highest BCUT2D eigenvalue weighted by Crippen LogP contribution is 2.46. The van der Waals surface area contributed by atoms with Gasteiger partial charge in [0.1, 0.15) is 17.1 Å². The van der Waals surface area contributed by atoms with E-state index in [1.165, 1.54) is 0 Å². The molecule has 0 saturated carbocycles. The largest absolute Gasteiger partial charge is 0.494 e. The van der Waals surface area contributed by atoms with Crippen molar-refractivity contribution in [2.45, 2.75) is 25.7 Å². The third-order valence-corrected chi connectivity index (χ3v) is 6.00. The van der Waals surface area contributed by atoms with E-state index in [2.05, 4.69) is 31.1 Å². The number of furan rings is 1. The van der Waals surface area contributed by atoms with E-state index >= 15 is 0 Å². The lowest BCUT2D eigenvalue weighted by molar-refractivity contribution is 0.102. The van der Waals surface area contributed by atoms with Crippen molar-refractivity contribution >= 4 is 16.8 Å². The Hall–Kier alpha value is -2.63. The predicted octanol–water partition coefficient (Wildman–Crippen LogP) is 4.22. The van der Waals surface area contributed by atoms with Crippen molar-refractivity contribution in [3.8, 4) is 5.75 Å². The van der Waals surface area contributed by atoms with Crippen LogP contribution in [0, 0.1) is 0 Å². The third kappa shape index (κ3) is 3.64. The Kier molecular flexibility index (Phi) is 5.67. The molecule has 0 atom stereocenters. The molecular weight excluding hydrogens is 376 g/mol. The smallest absolute Gasteiger partial charge is 0.197 e. The molecule has 0 radical (unpaired) electrons. The molecule has 4 rings (SSSR count). The minimum absolute atomic E-state index is 0.0296. The maximum Gasteiger partial charge on any atom is 0.197 e. The van der Waals surface area contributed by atoms with Gasteiger partial charge in [0, 0.05) is 36.0 Å². The van der Waals surface area contributed by atoms with E-state index < -0.39 is 5.41 Å². The normalized spacial score (nSPS) is 14.8. The molecule has 1 heterocycles. The number of nitrogens with one attached hydrogen (secondary N) is 1. The van der Waals surface area contributed by atoms with Crippen LogP contribution in [-0.2, 0) is 5.41 Å². The number of ketones is 1. The first-order chi connectivity index (χ1) is 14.4. The number of carbonyl (C=O) groups is 1. The molecule has 0 aliphatic heterocycles. The van der Waals surface area contributed by atoms with Crippen LogP contribution >= 0.6 is 0 Å². The van der Waals surface area contributed by atoms with Crippen LogP contribution in [0.1, 0.15) is 47.5 Å². The number of rotatable bonds is 8. The highest BCUT2D eigenvalue weighted by atomic mass is 16.5. The summed E-state index contributed by atoms with van der Waals surface area (Å²) in [4.78, 5) is 15.6. The first-order valence-electron chi connectivity index (χ1n) is 10.6. The lowest BCUT2D eigenvalue weighted by Gasteiger charge is -2.30. The molecule has 158 valence electrons. The monoisotopic (exact) mass is 406 g/mol. The molecule has 30 heavy (non-hydrogen) atoms. The number of hydrogen-bond acceptors (Lipinski definition) is 5. The summed E-state index contributed by atoms with van der Waals surface area (Å²) < 4.78 is 12.2. The zero-order valence-corrected chi connectivity index (χ0v) is 18.2. The Labute approximate surface area is 178 Å². The number of carbonyl (C=O) groups excluding carboxylic acids is 1. The summed E-state index contributed by atoms with van der Waals surface area (Å²) in [5.74, 6) is 1.57. The van der Waals surface area contributed by atoms with E-state index in [4.69, 9.17) is 9.15 Å². The Balaban J connectivity index is 1.54. The Morgan fingerprint density at radius 3 is 2.73 bits per heavy atom. The fraction of sp³-hybridized carbons (Fsp3) is 0.400. The lowest BCUT2D eigenvalue weighted by atomic mass is 9.72. The third-order valence-electron chi connectivity index (χ3n) is 6.00. The summed E-state index contributed by atoms with van der Waals surface area (Å²) in [5.41, 5.74) is 2.74.